The molecular weight excluding hydrogens is 494 g/mol. The number of benzene rings is 3. The summed E-state index contributed by atoms with van der Waals surface area (Å²) >= 11 is 6.38. The van der Waals surface area contributed by atoms with Gasteiger partial charge < -0.3 is 24.6 Å². The number of aromatic nitrogens is 2. The van der Waals surface area contributed by atoms with Crippen LogP contribution in [0, 0.1) is 6.92 Å². The molecule has 9 heteroatoms. The van der Waals surface area contributed by atoms with Gasteiger partial charge in [-0.25, -0.2) is 0 Å². The second-order valence-corrected chi connectivity index (χ2v) is 9.32. The number of phenolic OH excluding ortho intramolecular Hbond substituents is 2. The molecule has 8 nitrogen and oxygen atoms in total. The molecule has 1 aliphatic rings. The van der Waals surface area contributed by atoms with Crippen LogP contribution >= 0.6 is 11.6 Å². The summed E-state index contributed by atoms with van der Waals surface area (Å²) in [5.74, 6) is 0.854. The monoisotopic (exact) mass is 519 g/mol. The van der Waals surface area contributed by atoms with Gasteiger partial charge >= 0.3 is 0 Å². The van der Waals surface area contributed by atoms with Crippen molar-refractivity contribution < 1.29 is 24.5 Å². The SMILES string of the molecule is COc1ccc(CCN2C(=O)c3[nH]nc(-c4cc(Cl)c(C)cc4O)c3C2c2ccc(O)c(OC)c2)cc1. The Hall–Kier alpha value is -4.17. The summed E-state index contributed by atoms with van der Waals surface area (Å²) in [6, 6.07) is 15.4. The number of carbonyl (C=O) groups is 1. The van der Waals surface area contributed by atoms with E-state index in [2.05, 4.69) is 10.2 Å². The van der Waals surface area contributed by atoms with Gasteiger partial charge in [0, 0.05) is 22.7 Å². The van der Waals surface area contributed by atoms with Crippen molar-refractivity contribution in [2.24, 2.45) is 0 Å². The molecule has 1 aromatic heterocycles. The largest absolute Gasteiger partial charge is 0.507 e. The second-order valence-electron chi connectivity index (χ2n) is 8.91. The summed E-state index contributed by atoms with van der Waals surface area (Å²) in [6.45, 7) is 2.22. The Bertz CT molecular complexity index is 1480. The lowest BCUT2D eigenvalue weighted by Gasteiger charge is -2.27. The van der Waals surface area contributed by atoms with Crippen LogP contribution in [0.15, 0.2) is 54.6 Å². The number of aryl methyl sites for hydroxylation is 1. The number of carbonyl (C=O) groups excluding carboxylic acids is 1. The number of ether oxygens (including phenoxy) is 2. The normalized spacial score (nSPS) is 14.6. The summed E-state index contributed by atoms with van der Waals surface area (Å²) in [6.07, 6.45) is 0.607. The van der Waals surface area contributed by atoms with Crippen molar-refractivity contribution in [3.8, 4) is 34.3 Å². The van der Waals surface area contributed by atoms with Crippen molar-refractivity contribution in [2.45, 2.75) is 19.4 Å². The van der Waals surface area contributed by atoms with Crippen molar-refractivity contribution in [1.29, 1.82) is 0 Å². The minimum atomic E-state index is -0.538. The Morgan fingerprint density at radius 1 is 1.03 bits per heavy atom. The van der Waals surface area contributed by atoms with Gasteiger partial charge in [0.05, 0.1) is 20.3 Å². The molecule has 0 saturated heterocycles. The third-order valence-corrected chi connectivity index (χ3v) is 7.12. The Morgan fingerprint density at radius 2 is 1.78 bits per heavy atom. The van der Waals surface area contributed by atoms with E-state index < -0.39 is 6.04 Å². The highest BCUT2D eigenvalue weighted by atomic mass is 35.5. The van der Waals surface area contributed by atoms with E-state index in [1.54, 1.807) is 43.2 Å². The molecule has 0 spiro atoms. The molecule has 37 heavy (non-hydrogen) atoms. The molecule has 4 aromatic rings. The highest BCUT2D eigenvalue weighted by molar-refractivity contribution is 6.31. The molecule has 5 rings (SSSR count). The molecule has 0 radical (unpaired) electrons. The topological polar surface area (TPSA) is 108 Å². The van der Waals surface area contributed by atoms with Crippen LogP contribution in [0.25, 0.3) is 11.3 Å². The molecule has 0 aliphatic carbocycles. The number of H-pyrrole nitrogens is 1. The smallest absolute Gasteiger partial charge is 0.273 e. The molecule has 3 N–H and O–H groups in total. The van der Waals surface area contributed by atoms with Crippen molar-refractivity contribution in [3.05, 3.63) is 87.6 Å². The van der Waals surface area contributed by atoms with Crippen molar-refractivity contribution in [3.63, 3.8) is 0 Å². The zero-order chi connectivity index (χ0) is 26.3. The fraction of sp³-hybridized carbons (Fsp3) is 0.214. The Balaban J connectivity index is 1.60. The fourth-order valence-electron chi connectivity index (χ4n) is 4.74. The molecule has 190 valence electrons. The van der Waals surface area contributed by atoms with Gasteiger partial charge in [-0.05, 0) is 66.4 Å². The first-order valence-corrected chi connectivity index (χ1v) is 12.1. The highest BCUT2D eigenvalue weighted by Crippen LogP contribution is 2.46. The molecule has 1 aliphatic heterocycles. The highest BCUT2D eigenvalue weighted by Gasteiger charge is 2.42. The van der Waals surface area contributed by atoms with Crippen LogP contribution in [0.1, 0.15) is 38.8 Å². The van der Waals surface area contributed by atoms with Gasteiger partial charge in [-0.3, -0.25) is 9.89 Å². The summed E-state index contributed by atoms with van der Waals surface area (Å²) in [5, 5.41) is 28.7. The third-order valence-electron chi connectivity index (χ3n) is 6.72. The predicted octanol–water partition coefficient (Wildman–Crippen LogP) is 5.25. The van der Waals surface area contributed by atoms with Crippen molar-refractivity contribution in [2.75, 3.05) is 20.8 Å². The zero-order valence-electron chi connectivity index (χ0n) is 20.6. The molecule has 0 fully saturated rings. The van der Waals surface area contributed by atoms with Gasteiger partial charge in [-0.15, -0.1) is 0 Å². The Kier molecular flexibility index (Phi) is 6.43. The zero-order valence-corrected chi connectivity index (χ0v) is 21.3. The van der Waals surface area contributed by atoms with Crippen LogP contribution in [0.3, 0.4) is 0 Å². The van der Waals surface area contributed by atoms with Crippen LogP contribution < -0.4 is 9.47 Å². The van der Waals surface area contributed by atoms with Crippen LogP contribution in [0.4, 0.5) is 0 Å². The number of aromatic amines is 1. The quantitative estimate of drug-likeness (QED) is 0.307. The number of amides is 1. The van der Waals surface area contributed by atoms with Gasteiger partial charge in [0.2, 0.25) is 0 Å². The van der Waals surface area contributed by atoms with Crippen molar-refractivity contribution in [1.82, 2.24) is 15.1 Å². The molecule has 1 unspecified atom stereocenters. The molecular formula is C28H26ClN3O5. The number of rotatable bonds is 7. The Labute approximate surface area is 219 Å². The third kappa shape index (κ3) is 4.34. The van der Waals surface area contributed by atoms with Gasteiger partial charge in [0.1, 0.15) is 22.9 Å². The first kappa shape index (κ1) is 24.5. The van der Waals surface area contributed by atoms with Crippen LogP contribution in [0.2, 0.25) is 5.02 Å². The summed E-state index contributed by atoms with van der Waals surface area (Å²) in [4.78, 5) is 15.4. The van der Waals surface area contributed by atoms with Gasteiger partial charge in [0.15, 0.2) is 11.5 Å². The summed E-state index contributed by atoms with van der Waals surface area (Å²) < 4.78 is 10.6. The standard InChI is InChI=1S/C28H26ClN3O5/c1-15-12-22(34)19(14-20(15)29)25-24-26(31-30-25)28(35)32(11-10-16-4-7-18(36-2)8-5-16)27(24)17-6-9-21(33)23(13-17)37-3/h4-9,12-14,27,33-34H,10-11H2,1-3H3,(H,30,31). The minimum absolute atomic E-state index is 0.00374. The van der Waals surface area contributed by atoms with Crippen LogP contribution in [-0.4, -0.2) is 52.0 Å². The van der Waals surface area contributed by atoms with E-state index in [1.165, 1.54) is 13.2 Å². The van der Waals surface area contributed by atoms with Gasteiger partial charge in [0.25, 0.3) is 5.91 Å². The van der Waals surface area contributed by atoms with Gasteiger partial charge in [-0.2, -0.15) is 5.10 Å². The molecule has 1 amide bonds. The number of methoxy groups -OCH3 is 2. The van der Waals surface area contributed by atoms with E-state index in [1.807, 2.05) is 24.3 Å². The lowest BCUT2D eigenvalue weighted by atomic mass is 9.95. The number of fused-ring (bicyclic) bond motifs is 1. The van der Waals surface area contributed by atoms with Crippen molar-refractivity contribution >= 4 is 17.5 Å². The number of nitrogens with one attached hydrogen (secondary N) is 1. The molecule has 3 aromatic carbocycles. The fourth-order valence-corrected chi connectivity index (χ4v) is 4.90. The number of nitrogens with zero attached hydrogens (tertiary/aromatic N) is 2. The first-order valence-electron chi connectivity index (χ1n) is 11.7. The first-order chi connectivity index (χ1) is 17.8. The predicted molar refractivity (Wildman–Crippen MR) is 140 cm³/mol. The molecule has 1 atom stereocenters. The summed E-state index contributed by atoms with van der Waals surface area (Å²) in [7, 11) is 3.09. The van der Waals surface area contributed by atoms with E-state index in [0.717, 1.165) is 22.4 Å². The average molecular weight is 520 g/mol. The molecule has 2 heterocycles. The maximum atomic E-state index is 13.6. The summed E-state index contributed by atoms with van der Waals surface area (Å²) in [5.41, 5.74) is 4.34. The minimum Gasteiger partial charge on any atom is -0.507 e. The van der Waals surface area contributed by atoms with Crippen LogP contribution in [-0.2, 0) is 6.42 Å². The molecule has 0 bridgehead atoms. The maximum Gasteiger partial charge on any atom is 0.273 e. The van der Waals surface area contributed by atoms with E-state index in [4.69, 9.17) is 21.1 Å². The molecule has 0 saturated carbocycles. The number of phenols is 2. The maximum absolute atomic E-state index is 13.6. The van der Waals surface area contributed by atoms with E-state index in [9.17, 15) is 15.0 Å². The Morgan fingerprint density at radius 3 is 2.49 bits per heavy atom. The van der Waals surface area contributed by atoms with E-state index >= 15 is 0 Å². The van der Waals surface area contributed by atoms with Crippen LogP contribution in [0.5, 0.6) is 23.0 Å². The number of halogens is 1. The van der Waals surface area contributed by atoms with E-state index in [-0.39, 0.29) is 17.4 Å². The lowest BCUT2D eigenvalue weighted by molar-refractivity contribution is 0.0745. The average Bonchev–Trinajstić information content (AvgIpc) is 3.44. The number of aromatic hydroxyl groups is 2. The second kappa shape index (κ2) is 9.71. The van der Waals surface area contributed by atoms with E-state index in [0.29, 0.717) is 46.3 Å². The van der Waals surface area contributed by atoms with Gasteiger partial charge in [-0.1, -0.05) is 29.8 Å². The number of hydrogen-bond acceptors (Lipinski definition) is 6. The number of hydrogen-bond donors (Lipinski definition) is 3. The lowest BCUT2D eigenvalue weighted by Crippen LogP contribution is -2.31.